The summed E-state index contributed by atoms with van der Waals surface area (Å²) in [5.41, 5.74) is 5.78. The van der Waals surface area contributed by atoms with Gasteiger partial charge in [0.2, 0.25) is 0 Å². The van der Waals surface area contributed by atoms with Crippen molar-refractivity contribution in [1.29, 1.82) is 0 Å². The Morgan fingerprint density at radius 3 is 1.67 bits per heavy atom. The van der Waals surface area contributed by atoms with E-state index in [4.69, 9.17) is 15.2 Å². The van der Waals surface area contributed by atoms with Gasteiger partial charge < -0.3 is 15.2 Å². The number of nitrogens with two attached hydrogens (primary N) is 1. The van der Waals surface area contributed by atoms with Gasteiger partial charge in [-0.25, -0.2) is 0 Å². The molecular formula is C12H27NO2. The van der Waals surface area contributed by atoms with Crippen LogP contribution in [0.1, 0.15) is 48.0 Å². The fourth-order valence-corrected chi connectivity index (χ4v) is 2.06. The molecule has 0 aliphatic carbocycles. The van der Waals surface area contributed by atoms with Crippen LogP contribution in [0.15, 0.2) is 0 Å². The molecule has 0 bridgehead atoms. The first-order valence-corrected chi connectivity index (χ1v) is 5.75. The van der Waals surface area contributed by atoms with Gasteiger partial charge in [0, 0.05) is 24.2 Å². The van der Waals surface area contributed by atoms with Crippen LogP contribution in [-0.4, -0.2) is 25.0 Å². The van der Waals surface area contributed by atoms with Crippen LogP contribution >= 0.6 is 0 Å². The molecular weight excluding hydrogens is 190 g/mol. The lowest BCUT2D eigenvalue weighted by Gasteiger charge is -2.38. The molecule has 0 aromatic carbocycles. The summed E-state index contributed by atoms with van der Waals surface area (Å²) in [6.45, 7) is 13.6. The molecule has 0 radical (unpaired) electrons. The number of hydrogen-bond acceptors (Lipinski definition) is 3. The SMILES string of the molecule is CCOC(OCC)C(C)(C)CC(C)(C)N. The quantitative estimate of drug-likeness (QED) is 0.666. The second-order valence-electron chi connectivity index (χ2n) is 5.40. The molecule has 0 aromatic heterocycles. The van der Waals surface area contributed by atoms with Crippen LogP contribution in [0.4, 0.5) is 0 Å². The predicted molar refractivity (Wildman–Crippen MR) is 63.7 cm³/mol. The Balaban J connectivity index is 4.47. The maximum atomic E-state index is 6.04. The van der Waals surface area contributed by atoms with Crippen molar-refractivity contribution in [3.8, 4) is 0 Å². The van der Waals surface area contributed by atoms with E-state index in [1.807, 2.05) is 27.7 Å². The summed E-state index contributed by atoms with van der Waals surface area (Å²) < 4.78 is 11.2. The van der Waals surface area contributed by atoms with Gasteiger partial charge in [0.1, 0.15) is 0 Å². The molecule has 0 aromatic rings. The highest BCUT2D eigenvalue weighted by Crippen LogP contribution is 2.32. The molecule has 0 aliphatic rings. The van der Waals surface area contributed by atoms with Crippen molar-refractivity contribution >= 4 is 0 Å². The minimum atomic E-state index is -0.198. The molecule has 0 amide bonds. The Morgan fingerprint density at radius 2 is 1.40 bits per heavy atom. The number of rotatable bonds is 7. The molecule has 0 saturated carbocycles. The molecule has 92 valence electrons. The van der Waals surface area contributed by atoms with Gasteiger partial charge in [0.15, 0.2) is 6.29 Å². The molecule has 0 aliphatic heterocycles. The van der Waals surface area contributed by atoms with Crippen LogP contribution < -0.4 is 5.73 Å². The average molecular weight is 217 g/mol. The second kappa shape index (κ2) is 5.83. The van der Waals surface area contributed by atoms with E-state index in [1.54, 1.807) is 0 Å². The van der Waals surface area contributed by atoms with E-state index in [0.717, 1.165) is 6.42 Å². The van der Waals surface area contributed by atoms with Crippen LogP contribution in [0.25, 0.3) is 0 Å². The molecule has 3 nitrogen and oxygen atoms in total. The summed E-state index contributed by atoms with van der Waals surface area (Å²) in [6, 6.07) is 0. The Hall–Kier alpha value is -0.120. The monoisotopic (exact) mass is 217 g/mol. The minimum Gasteiger partial charge on any atom is -0.352 e. The van der Waals surface area contributed by atoms with E-state index in [-0.39, 0.29) is 17.2 Å². The topological polar surface area (TPSA) is 44.5 Å². The second-order valence-corrected chi connectivity index (χ2v) is 5.40. The smallest absolute Gasteiger partial charge is 0.162 e. The zero-order valence-electron chi connectivity index (χ0n) is 11.1. The van der Waals surface area contributed by atoms with Crippen molar-refractivity contribution in [3.63, 3.8) is 0 Å². The van der Waals surface area contributed by atoms with E-state index in [0.29, 0.717) is 13.2 Å². The highest BCUT2D eigenvalue weighted by molar-refractivity contribution is 4.84. The molecule has 0 spiro atoms. The molecule has 0 fully saturated rings. The number of hydrogen-bond donors (Lipinski definition) is 1. The third-order valence-electron chi connectivity index (χ3n) is 2.19. The molecule has 15 heavy (non-hydrogen) atoms. The van der Waals surface area contributed by atoms with Gasteiger partial charge in [-0.1, -0.05) is 13.8 Å². The summed E-state index contributed by atoms with van der Waals surface area (Å²) >= 11 is 0. The van der Waals surface area contributed by atoms with E-state index >= 15 is 0 Å². The van der Waals surface area contributed by atoms with Crippen molar-refractivity contribution in [2.75, 3.05) is 13.2 Å². The summed E-state index contributed by atoms with van der Waals surface area (Å²) in [5, 5.41) is 0. The minimum absolute atomic E-state index is 0.0652. The zero-order valence-corrected chi connectivity index (χ0v) is 11.1. The van der Waals surface area contributed by atoms with E-state index in [2.05, 4.69) is 13.8 Å². The van der Waals surface area contributed by atoms with Gasteiger partial charge in [-0.2, -0.15) is 0 Å². The molecule has 0 heterocycles. The van der Waals surface area contributed by atoms with Crippen LogP contribution in [0, 0.1) is 5.41 Å². The Morgan fingerprint density at radius 1 is 1.00 bits per heavy atom. The summed E-state index contributed by atoms with van der Waals surface area (Å²) in [7, 11) is 0. The molecule has 3 heteroatoms. The maximum absolute atomic E-state index is 6.04. The maximum Gasteiger partial charge on any atom is 0.162 e. The van der Waals surface area contributed by atoms with E-state index < -0.39 is 0 Å². The molecule has 0 saturated heterocycles. The largest absolute Gasteiger partial charge is 0.352 e. The Bertz CT molecular complexity index is 167. The average Bonchev–Trinajstić information content (AvgIpc) is 1.99. The van der Waals surface area contributed by atoms with Gasteiger partial charge >= 0.3 is 0 Å². The fourth-order valence-electron chi connectivity index (χ4n) is 2.06. The van der Waals surface area contributed by atoms with Gasteiger partial charge in [-0.15, -0.1) is 0 Å². The molecule has 0 unspecified atom stereocenters. The van der Waals surface area contributed by atoms with Gasteiger partial charge in [-0.05, 0) is 34.1 Å². The molecule has 0 rings (SSSR count). The normalized spacial score (nSPS) is 13.6. The van der Waals surface area contributed by atoms with Crippen molar-refractivity contribution < 1.29 is 9.47 Å². The Labute approximate surface area is 94.3 Å². The first-order valence-electron chi connectivity index (χ1n) is 5.75. The van der Waals surface area contributed by atoms with Crippen molar-refractivity contribution in [2.45, 2.75) is 59.8 Å². The summed E-state index contributed by atoms with van der Waals surface area (Å²) in [5.74, 6) is 0. The van der Waals surface area contributed by atoms with Crippen molar-refractivity contribution in [1.82, 2.24) is 0 Å². The third kappa shape index (κ3) is 6.13. The summed E-state index contributed by atoms with van der Waals surface area (Å²) in [6.07, 6.45) is 0.695. The lowest BCUT2D eigenvalue weighted by Crippen LogP contribution is -2.44. The van der Waals surface area contributed by atoms with Crippen LogP contribution in [0.3, 0.4) is 0 Å². The standard InChI is InChI=1S/C12H27NO2/c1-7-14-10(15-8-2)11(3,4)9-12(5,6)13/h10H,7-9,13H2,1-6H3. The summed E-state index contributed by atoms with van der Waals surface area (Å²) in [4.78, 5) is 0. The highest BCUT2D eigenvalue weighted by Gasteiger charge is 2.34. The lowest BCUT2D eigenvalue weighted by molar-refractivity contribution is -0.198. The third-order valence-corrected chi connectivity index (χ3v) is 2.19. The van der Waals surface area contributed by atoms with E-state index in [1.165, 1.54) is 0 Å². The predicted octanol–water partition coefficient (Wildman–Crippen LogP) is 2.54. The van der Waals surface area contributed by atoms with Crippen LogP contribution in [0.2, 0.25) is 0 Å². The first-order chi connectivity index (χ1) is 6.73. The lowest BCUT2D eigenvalue weighted by atomic mass is 9.80. The van der Waals surface area contributed by atoms with Crippen LogP contribution in [-0.2, 0) is 9.47 Å². The van der Waals surface area contributed by atoms with Crippen molar-refractivity contribution in [2.24, 2.45) is 11.1 Å². The fraction of sp³-hybridized carbons (Fsp3) is 1.00. The van der Waals surface area contributed by atoms with Crippen molar-refractivity contribution in [3.05, 3.63) is 0 Å². The molecule has 0 atom stereocenters. The van der Waals surface area contributed by atoms with Gasteiger partial charge in [0.25, 0.3) is 0 Å². The first kappa shape index (κ1) is 14.9. The highest BCUT2D eigenvalue weighted by atomic mass is 16.7. The van der Waals surface area contributed by atoms with Gasteiger partial charge in [0.05, 0.1) is 0 Å². The molecule has 2 N–H and O–H groups in total. The van der Waals surface area contributed by atoms with Crippen LogP contribution in [0.5, 0.6) is 0 Å². The zero-order chi connectivity index (χ0) is 12.1. The number of ether oxygens (including phenoxy) is 2. The van der Waals surface area contributed by atoms with E-state index in [9.17, 15) is 0 Å². The van der Waals surface area contributed by atoms with Gasteiger partial charge in [-0.3, -0.25) is 0 Å². The Kier molecular flexibility index (Phi) is 5.78.